The van der Waals surface area contributed by atoms with Gasteiger partial charge in [-0.1, -0.05) is 43.7 Å². The van der Waals surface area contributed by atoms with Crippen LogP contribution in [0.4, 0.5) is 0 Å². The Balaban J connectivity index is 2.32. The minimum atomic E-state index is -3.09. The van der Waals surface area contributed by atoms with E-state index < -0.39 is 15.4 Å². The van der Waals surface area contributed by atoms with Crippen LogP contribution in [0.15, 0.2) is 30.3 Å². The molecule has 2 rings (SSSR count). The lowest BCUT2D eigenvalue weighted by molar-refractivity contribution is 0.0995. The van der Waals surface area contributed by atoms with Gasteiger partial charge in [-0.2, -0.15) is 0 Å². The lowest BCUT2D eigenvalue weighted by Crippen LogP contribution is -2.60. The van der Waals surface area contributed by atoms with Crippen LogP contribution in [0.1, 0.15) is 31.7 Å². The minimum absolute atomic E-state index is 0.348. The molecule has 0 saturated heterocycles. The van der Waals surface area contributed by atoms with E-state index in [0.717, 1.165) is 32.4 Å². The van der Waals surface area contributed by atoms with Gasteiger partial charge in [-0.3, -0.25) is 4.90 Å². The third-order valence-electron chi connectivity index (χ3n) is 4.77. The highest BCUT2D eigenvalue weighted by Gasteiger charge is 2.50. The van der Waals surface area contributed by atoms with Crippen LogP contribution in [0, 0.1) is 0 Å². The molecular weight excluding hydrogens is 284 g/mol. The van der Waals surface area contributed by atoms with Gasteiger partial charge in [-0.15, -0.1) is 0 Å². The summed E-state index contributed by atoms with van der Waals surface area (Å²) in [4.78, 5) is 2.26. The average Bonchev–Trinajstić information content (AvgIpc) is 2.91. The molecule has 1 fully saturated rings. The second kappa shape index (κ2) is 6.46. The minimum Gasteiger partial charge on any atom is -0.329 e. The van der Waals surface area contributed by atoms with Gasteiger partial charge in [0, 0.05) is 19.3 Å². The number of hydrogen-bond acceptors (Lipinski definition) is 4. The Kier molecular flexibility index (Phi) is 5.07. The van der Waals surface area contributed by atoms with Crippen LogP contribution in [0.25, 0.3) is 0 Å². The van der Waals surface area contributed by atoms with Gasteiger partial charge >= 0.3 is 0 Å². The molecule has 1 aliphatic rings. The summed E-state index contributed by atoms with van der Waals surface area (Å²) in [6.45, 7) is 4.03. The van der Waals surface area contributed by atoms with Crippen molar-refractivity contribution in [1.29, 1.82) is 0 Å². The molecule has 0 heterocycles. The molecule has 21 heavy (non-hydrogen) atoms. The summed E-state index contributed by atoms with van der Waals surface area (Å²) in [7, 11) is -3.09. The molecule has 5 heteroatoms. The molecule has 0 aliphatic heterocycles. The molecule has 0 radical (unpaired) electrons. The second-order valence-electron chi connectivity index (χ2n) is 6.02. The summed E-state index contributed by atoms with van der Waals surface area (Å²) >= 11 is 0. The van der Waals surface area contributed by atoms with Crippen LogP contribution < -0.4 is 5.73 Å². The first-order chi connectivity index (χ1) is 9.94. The van der Waals surface area contributed by atoms with Gasteiger partial charge < -0.3 is 5.73 Å². The molecule has 1 saturated carbocycles. The van der Waals surface area contributed by atoms with Crippen LogP contribution in [0.5, 0.6) is 0 Å². The highest BCUT2D eigenvalue weighted by molar-refractivity contribution is 7.91. The average molecular weight is 310 g/mol. The van der Waals surface area contributed by atoms with E-state index in [1.165, 1.54) is 11.8 Å². The van der Waals surface area contributed by atoms with E-state index in [1.54, 1.807) is 0 Å². The van der Waals surface area contributed by atoms with Gasteiger partial charge in [0.1, 0.15) is 0 Å². The quantitative estimate of drug-likeness (QED) is 0.870. The van der Waals surface area contributed by atoms with Crippen LogP contribution in [0.2, 0.25) is 0 Å². The molecule has 118 valence electrons. The van der Waals surface area contributed by atoms with E-state index >= 15 is 0 Å². The number of nitrogens with two attached hydrogens (primary N) is 1. The molecule has 0 bridgehead atoms. The molecule has 2 unspecified atom stereocenters. The standard InChI is InChI=1S/C16H26N2O2S/c1-3-18(12-14-8-5-4-6-9-14)16(13-17)11-7-10-15(16)21(2,19)20/h4-6,8-9,15H,3,7,10-13,17H2,1-2H3. The molecule has 0 aromatic heterocycles. The van der Waals surface area contributed by atoms with E-state index in [1.807, 2.05) is 18.2 Å². The van der Waals surface area contributed by atoms with Gasteiger partial charge in [0.2, 0.25) is 0 Å². The van der Waals surface area contributed by atoms with Crippen molar-refractivity contribution in [3.8, 4) is 0 Å². The number of benzene rings is 1. The van der Waals surface area contributed by atoms with Crippen molar-refractivity contribution in [2.75, 3.05) is 19.3 Å². The summed E-state index contributed by atoms with van der Waals surface area (Å²) in [5.74, 6) is 0. The Morgan fingerprint density at radius 1 is 1.33 bits per heavy atom. The third kappa shape index (κ3) is 3.30. The van der Waals surface area contributed by atoms with Crippen molar-refractivity contribution < 1.29 is 8.42 Å². The van der Waals surface area contributed by atoms with Crippen molar-refractivity contribution in [3.63, 3.8) is 0 Å². The third-order valence-corrected chi connectivity index (χ3v) is 6.48. The number of likely N-dealkylation sites (N-methyl/N-ethyl adjacent to an activating group) is 1. The van der Waals surface area contributed by atoms with Crippen molar-refractivity contribution in [3.05, 3.63) is 35.9 Å². The normalized spacial score (nSPS) is 26.4. The Morgan fingerprint density at radius 2 is 2.00 bits per heavy atom. The van der Waals surface area contributed by atoms with Gasteiger partial charge in [0.25, 0.3) is 0 Å². The highest BCUT2D eigenvalue weighted by atomic mass is 32.2. The zero-order chi connectivity index (χ0) is 15.5. The number of hydrogen-bond donors (Lipinski definition) is 1. The fraction of sp³-hybridized carbons (Fsp3) is 0.625. The van der Waals surface area contributed by atoms with E-state index in [0.29, 0.717) is 6.54 Å². The van der Waals surface area contributed by atoms with Crippen molar-refractivity contribution in [1.82, 2.24) is 4.90 Å². The largest absolute Gasteiger partial charge is 0.329 e. The van der Waals surface area contributed by atoms with Gasteiger partial charge in [-0.25, -0.2) is 8.42 Å². The number of nitrogens with zero attached hydrogens (tertiary/aromatic N) is 1. The summed E-state index contributed by atoms with van der Waals surface area (Å²) < 4.78 is 24.4. The lowest BCUT2D eigenvalue weighted by atomic mass is 9.93. The smallest absolute Gasteiger partial charge is 0.152 e. The Bertz CT molecular complexity index is 559. The predicted molar refractivity (Wildman–Crippen MR) is 86.8 cm³/mol. The van der Waals surface area contributed by atoms with Crippen LogP contribution >= 0.6 is 0 Å². The van der Waals surface area contributed by atoms with Crippen LogP contribution in [0.3, 0.4) is 0 Å². The summed E-state index contributed by atoms with van der Waals surface area (Å²) in [6.07, 6.45) is 3.87. The first kappa shape index (κ1) is 16.5. The fourth-order valence-corrected chi connectivity index (χ4v) is 5.50. The zero-order valence-electron chi connectivity index (χ0n) is 13.0. The summed E-state index contributed by atoms with van der Waals surface area (Å²) in [5, 5.41) is -0.348. The number of sulfone groups is 1. The van der Waals surface area contributed by atoms with E-state index in [-0.39, 0.29) is 5.25 Å². The molecule has 2 N–H and O–H groups in total. The maximum atomic E-state index is 12.2. The molecule has 4 nitrogen and oxygen atoms in total. The monoisotopic (exact) mass is 310 g/mol. The predicted octanol–water partition coefficient (Wildman–Crippen LogP) is 1.80. The van der Waals surface area contributed by atoms with Crippen LogP contribution in [-0.2, 0) is 16.4 Å². The lowest BCUT2D eigenvalue weighted by Gasteiger charge is -2.44. The summed E-state index contributed by atoms with van der Waals surface area (Å²) in [5.41, 5.74) is 6.86. The van der Waals surface area contributed by atoms with Crippen molar-refractivity contribution in [2.24, 2.45) is 5.73 Å². The topological polar surface area (TPSA) is 63.4 Å². The molecule has 0 spiro atoms. The SMILES string of the molecule is CCN(Cc1ccccc1)C1(CN)CCCC1S(C)(=O)=O. The molecular formula is C16H26N2O2S. The molecule has 1 aromatic carbocycles. The zero-order valence-corrected chi connectivity index (χ0v) is 13.8. The molecule has 0 amide bonds. The Hall–Kier alpha value is -0.910. The van der Waals surface area contributed by atoms with Crippen LogP contribution in [-0.4, -0.2) is 43.5 Å². The molecule has 1 aromatic rings. The molecule has 1 aliphatic carbocycles. The van der Waals surface area contributed by atoms with Gasteiger partial charge in [-0.05, 0) is 24.9 Å². The van der Waals surface area contributed by atoms with Gasteiger partial charge in [0.15, 0.2) is 9.84 Å². The van der Waals surface area contributed by atoms with E-state index in [2.05, 4.69) is 24.0 Å². The first-order valence-corrected chi connectivity index (χ1v) is 9.57. The maximum absolute atomic E-state index is 12.2. The Morgan fingerprint density at radius 3 is 2.52 bits per heavy atom. The van der Waals surface area contributed by atoms with E-state index in [4.69, 9.17) is 5.73 Å². The van der Waals surface area contributed by atoms with Crippen molar-refractivity contribution >= 4 is 9.84 Å². The van der Waals surface area contributed by atoms with Crippen molar-refractivity contribution in [2.45, 2.75) is 43.5 Å². The fourth-order valence-electron chi connectivity index (χ4n) is 3.75. The second-order valence-corrected chi connectivity index (χ2v) is 8.25. The summed E-state index contributed by atoms with van der Waals surface area (Å²) in [6, 6.07) is 10.2. The first-order valence-electron chi connectivity index (χ1n) is 7.62. The van der Waals surface area contributed by atoms with E-state index in [9.17, 15) is 8.42 Å². The highest BCUT2D eigenvalue weighted by Crippen LogP contribution is 2.39. The Labute approximate surface area is 128 Å². The number of rotatable bonds is 6. The molecule has 2 atom stereocenters. The van der Waals surface area contributed by atoms with Gasteiger partial charge in [0.05, 0.1) is 10.8 Å². The maximum Gasteiger partial charge on any atom is 0.152 e.